The number of halogens is 1. The lowest BCUT2D eigenvalue weighted by Gasteiger charge is -2.04. The van der Waals surface area contributed by atoms with E-state index in [1.54, 1.807) is 0 Å². The number of aromatic nitrogens is 2. The highest BCUT2D eigenvalue weighted by Crippen LogP contribution is 2.30. The first-order chi connectivity index (χ1) is 9.97. The average molecular weight is 293 g/mol. The lowest BCUT2D eigenvalue weighted by molar-refractivity contribution is 0.357. The van der Waals surface area contributed by atoms with E-state index in [1.807, 2.05) is 0 Å². The summed E-state index contributed by atoms with van der Waals surface area (Å²) in [6.07, 6.45) is 2.33. The van der Waals surface area contributed by atoms with Gasteiger partial charge in [0.05, 0.1) is 7.11 Å². The van der Waals surface area contributed by atoms with Crippen LogP contribution < -0.4 is 21.1 Å². The van der Waals surface area contributed by atoms with Crippen LogP contribution in [0.4, 0.5) is 4.39 Å². The predicted molar refractivity (Wildman–Crippen MR) is 73.7 cm³/mol. The van der Waals surface area contributed by atoms with Gasteiger partial charge in [-0.1, -0.05) is 0 Å². The number of nitroso groups, excluding NO2 is 1. The molecule has 21 heavy (non-hydrogen) atoms. The topological polar surface area (TPSA) is 96.7 Å². The molecule has 1 aromatic heterocycles. The summed E-state index contributed by atoms with van der Waals surface area (Å²) in [4.78, 5) is 24.9. The van der Waals surface area contributed by atoms with Crippen LogP contribution in [0.15, 0.2) is 22.1 Å². The summed E-state index contributed by atoms with van der Waals surface area (Å²) >= 11 is 0. The maximum Gasteiger partial charge on any atom is 0.275 e. The molecule has 1 heterocycles. The number of rotatable bonds is 3. The number of hydrogen-bond acceptors (Lipinski definition) is 5. The number of ether oxygens (including phenoxy) is 1. The summed E-state index contributed by atoms with van der Waals surface area (Å²) in [5.74, 6) is -1.52. The molecule has 0 atom stereocenters. The van der Waals surface area contributed by atoms with Crippen molar-refractivity contribution in [3.63, 3.8) is 0 Å². The lowest BCUT2D eigenvalue weighted by atomic mass is 10.2. The standard InChI is InChI=1S/C13H12FN3O4/c1-17-11(6-15-20)16-9(13(17)19)4-7-3-8(14)12(18)10(5-7)21-2/h3-6,16,18H,1-2H3/b9-4-,11-6-. The van der Waals surface area contributed by atoms with E-state index < -0.39 is 17.1 Å². The average Bonchev–Trinajstić information content (AvgIpc) is 2.71. The quantitative estimate of drug-likeness (QED) is 0.772. The van der Waals surface area contributed by atoms with Gasteiger partial charge in [-0.2, -0.15) is 0 Å². The van der Waals surface area contributed by atoms with Gasteiger partial charge in [0.25, 0.3) is 5.56 Å². The van der Waals surface area contributed by atoms with Gasteiger partial charge in [-0.25, -0.2) is 4.39 Å². The van der Waals surface area contributed by atoms with E-state index in [0.717, 1.165) is 12.3 Å². The molecule has 0 bridgehead atoms. The van der Waals surface area contributed by atoms with E-state index in [1.165, 1.54) is 30.9 Å². The Bertz CT molecular complexity index is 867. The molecule has 0 saturated heterocycles. The molecule has 0 saturated carbocycles. The Balaban J connectivity index is 2.68. The number of aromatic hydroxyl groups is 1. The Labute approximate surface area is 117 Å². The summed E-state index contributed by atoms with van der Waals surface area (Å²) in [7, 11) is 2.75. The zero-order chi connectivity index (χ0) is 15.6. The summed E-state index contributed by atoms with van der Waals surface area (Å²) in [6.45, 7) is 0. The zero-order valence-corrected chi connectivity index (χ0v) is 11.3. The summed E-state index contributed by atoms with van der Waals surface area (Å²) in [6, 6.07) is 2.43. The first kappa shape index (κ1) is 14.5. The number of methoxy groups -OCH3 is 1. The number of aromatic amines is 1. The van der Waals surface area contributed by atoms with Gasteiger partial charge in [0.1, 0.15) is 17.0 Å². The van der Waals surface area contributed by atoms with Crippen LogP contribution in [0.2, 0.25) is 0 Å². The second-order valence-corrected chi connectivity index (χ2v) is 4.22. The first-order valence-corrected chi connectivity index (χ1v) is 5.84. The van der Waals surface area contributed by atoms with Crippen LogP contribution in [0.5, 0.6) is 11.5 Å². The van der Waals surface area contributed by atoms with Gasteiger partial charge in [0.15, 0.2) is 17.3 Å². The monoisotopic (exact) mass is 293 g/mol. The van der Waals surface area contributed by atoms with Crippen molar-refractivity contribution in [3.8, 4) is 11.5 Å². The van der Waals surface area contributed by atoms with Gasteiger partial charge in [-0.05, 0) is 28.9 Å². The molecule has 0 amide bonds. The third-order valence-corrected chi connectivity index (χ3v) is 2.92. The number of nitrogens with zero attached hydrogens (tertiary/aromatic N) is 2. The van der Waals surface area contributed by atoms with Crippen LogP contribution >= 0.6 is 0 Å². The fourth-order valence-electron chi connectivity index (χ4n) is 1.83. The second kappa shape index (κ2) is 5.61. The molecular weight excluding hydrogens is 281 g/mol. The van der Waals surface area contributed by atoms with Crippen molar-refractivity contribution >= 4 is 12.3 Å². The molecule has 8 heteroatoms. The van der Waals surface area contributed by atoms with E-state index in [4.69, 9.17) is 4.74 Å². The molecule has 2 aromatic rings. The van der Waals surface area contributed by atoms with Crippen molar-refractivity contribution in [2.75, 3.05) is 7.11 Å². The van der Waals surface area contributed by atoms with Crippen LogP contribution in [0.3, 0.4) is 0 Å². The highest BCUT2D eigenvalue weighted by Gasteiger charge is 2.09. The molecule has 2 N–H and O–H groups in total. The number of H-pyrrole nitrogens is 1. The Morgan fingerprint density at radius 1 is 1.48 bits per heavy atom. The van der Waals surface area contributed by atoms with Crippen LogP contribution in [-0.2, 0) is 7.05 Å². The second-order valence-electron chi connectivity index (χ2n) is 4.22. The van der Waals surface area contributed by atoms with Crippen LogP contribution in [0.1, 0.15) is 5.56 Å². The third-order valence-electron chi connectivity index (χ3n) is 2.92. The highest BCUT2D eigenvalue weighted by atomic mass is 19.1. The zero-order valence-electron chi connectivity index (χ0n) is 11.3. The summed E-state index contributed by atoms with van der Waals surface area (Å²) in [5, 5.41) is 12.1. The van der Waals surface area contributed by atoms with Gasteiger partial charge >= 0.3 is 0 Å². The van der Waals surface area contributed by atoms with E-state index in [2.05, 4.69) is 10.2 Å². The summed E-state index contributed by atoms with van der Waals surface area (Å²) < 4.78 is 19.6. The molecule has 110 valence electrons. The maximum absolute atomic E-state index is 13.5. The number of phenolic OH excluding ortho intramolecular Hbond substituents is 1. The Morgan fingerprint density at radius 2 is 2.19 bits per heavy atom. The van der Waals surface area contributed by atoms with E-state index in [-0.39, 0.29) is 16.6 Å². The fraction of sp³-hybridized carbons (Fsp3) is 0.154. The molecule has 0 aliphatic carbocycles. The minimum absolute atomic E-state index is 0.0500. The molecule has 2 rings (SSSR count). The number of hydrogen-bond donors (Lipinski definition) is 2. The highest BCUT2D eigenvalue weighted by molar-refractivity contribution is 5.55. The predicted octanol–water partition coefficient (Wildman–Crippen LogP) is -0.100. The Morgan fingerprint density at radius 3 is 2.81 bits per heavy atom. The minimum Gasteiger partial charge on any atom is -0.502 e. The van der Waals surface area contributed by atoms with Crippen molar-refractivity contribution in [2.45, 2.75) is 0 Å². The van der Waals surface area contributed by atoms with Crippen molar-refractivity contribution in [3.05, 3.63) is 49.6 Å². The van der Waals surface area contributed by atoms with Gasteiger partial charge in [0, 0.05) is 7.05 Å². The van der Waals surface area contributed by atoms with Gasteiger partial charge in [-0.15, -0.1) is 4.91 Å². The normalized spacial score (nSPS) is 12.7. The Hall–Kier alpha value is -2.90. The lowest BCUT2D eigenvalue weighted by Crippen LogP contribution is -2.28. The number of benzene rings is 1. The Kier molecular flexibility index (Phi) is 3.88. The van der Waals surface area contributed by atoms with Crippen molar-refractivity contribution < 1.29 is 14.2 Å². The first-order valence-electron chi connectivity index (χ1n) is 5.84. The molecular formula is C13H12FN3O4. The van der Waals surface area contributed by atoms with Gasteiger partial charge in [-0.3, -0.25) is 9.36 Å². The fourth-order valence-corrected chi connectivity index (χ4v) is 1.83. The van der Waals surface area contributed by atoms with E-state index in [0.29, 0.717) is 5.56 Å². The molecule has 0 aliphatic rings. The molecule has 0 fully saturated rings. The number of nitrogens with one attached hydrogen (secondary N) is 1. The molecule has 0 radical (unpaired) electrons. The molecule has 1 aromatic carbocycles. The smallest absolute Gasteiger partial charge is 0.275 e. The van der Waals surface area contributed by atoms with Gasteiger partial charge < -0.3 is 14.8 Å². The molecule has 0 unspecified atom stereocenters. The van der Waals surface area contributed by atoms with Crippen LogP contribution in [-0.4, -0.2) is 21.8 Å². The number of imidazole rings is 1. The molecule has 7 nitrogen and oxygen atoms in total. The largest absolute Gasteiger partial charge is 0.502 e. The van der Waals surface area contributed by atoms with Crippen LogP contribution in [0.25, 0.3) is 12.3 Å². The van der Waals surface area contributed by atoms with Crippen molar-refractivity contribution in [1.82, 2.24) is 9.55 Å². The molecule has 0 spiro atoms. The maximum atomic E-state index is 13.5. The number of phenols is 1. The van der Waals surface area contributed by atoms with Crippen molar-refractivity contribution in [2.24, 2.45) is 12.2 Å². The van der Waals surface area contributed by atoms with Crippen molar-refractivity contribution in [1.29, 1.82) is 0 Å². The SMILES string of the molecule is COc1cc(/C=c2\[nH]/c(=C/N=O)n(C)c2=O)cc(F)c1O. The minimum atomic E-state index is -0.870. The molecule has 0 aliphatic heterocycles. The van der Waals surface area contributed by atoms with Gasteiger partial charge in [0.2, 0.25) is 0 Å². The van der Waals surface area contributed by atoms with Crippen LogP contribution in [0, 0.1) is 10.7 Å². The third kappa shape index (κ3) is 2.69. The van der Waals surface area contributed by atoms with E-state index in [9.17, 15) is 19.2 Å². The van der Waals surface area contributed by atoms with E-state index >= 15 is 0 Å². The summed E-state index contributed by atoms with van der Waals surface area (Å²) in [5.41, 5.74) is 0.122.